The molecule has 1 fully saturated rings. The van der Waals surface area contributed by atoms with Crippen LogP contribution in [0.25, 0.3) is 0 Å². The van der Waals surface area contributed by atoms with E-state index in [0.717, 1.165) is 15.6 Å². The van der Waals surface area contributed by atoms with Gasteiger partial charge < -0.3 is 14.7 Å². The lowest BCUT2D eigenvalue weighted by molar-refractivity contribution is 0.0728. The second kappa shape index (κ2) is 10.8. The van der Waals surface area contributed by atoms with E-state index in [-0.39, 0.29) is 19.2 Å². The van der Waals surface area contributed by atoms with Crippen LogP contribution in [0.15, 0.2) is 89.4 Å². The number of rotatable bonds is 7. The standard InChI is InChI=1S/C26H27BrN2O3/c27-23-13-7-12-22(14-23)16-28(15-20-8-3-1-4-9-20)24-17-29(18-25(24)30)26(31)32-19-21-10-5-2-6-11-21/h1-14,24-25,30H,15-19H2/t24-,25-/m1/s1. The second-order valence-electron chi connectivity index (χ2n) is 8.10. The summed E-state index contributed by atoms with van der Waals surface area (Å²) in [5.41, 5.74) is 3.25. The summed E-state index contributed by atoms with van der Waals surface area (Å²) in [6.45, 7) is 2.27. The topological polar surface area (TPSA) is 53.0 Å². The first kappa shape index (κ1) is 22.5. The highest BCUT2D eigenvalue weighted by Crippen LogP contribution is 2.23. The average Bonchev–Trinajstić information content (AvgIpc) is 3.20. The van der Waals surface area contributed by atoms with Crippen LogP contribution in [-0.2, 0) is 24.4 Å². The molecule has 1 amide bonds. The molecule has 2 atom stereocenters. The number of carbonyl (C=O) groups is 1. The van der Waals surface area contributed by atoms with Gasteiger partial charge in [0.05, 0.1) is 18.7 Å². The summed E-state index contributed by atoms with van der Waals surface area (Å²) in [6, 6.07) is 27.8. The zero-order valence-electron chi connectivity index (χ0n) is 17.8. The normalized spacial score (nSPS) is 18.2. The Labute approximate surface area is 197 Å². The summed E-state index contributed by atoms with van der Waals surface area (Å²) < 4.78 is 6.51. The van der Waals surface area contributed by atoms with Crippen molar-refractivity contribution in [3.63, 3.8) is 0 Å². The first-order chi connectivity index (χ1) is 15.6. The lowest BCUT2D eigenvalue weighted by Crippen LogP contribution is -2.42. The van der Waals surface area contributed by atoms with Gasteiger partial charge in [-0.2, -0.15) is 0 Å². The van der Waals surface area contributed by atoms with Crippen LogP contribution in [0, 0.1) is 0 Å². The van der Waals surface area contributed by atoms with E-state index in [4.69, 9.17) is 4.74 Å². The van der Waals surface area contributed by atoms with Gasteiger partial charge >= 0.3 is 6.09 Å². The van der Waals surface area contributed by atoms with Crippen LogP contribution in [0.2, 0.25) is 0 Å². The molecule has 5 nitrogen and oxygen atoms in total. The Bertz CT molecular complexity index is 1020. The number of hydrogen-bond donors (Lipinski definition) is 1. The Kier molecular flexibility index (Phi) is 7.58. The average molecular weight is 495 g/mol. The molecular formula is C26H27BrN2O3. The molecule has 0 radical (unpaired) electrons. The number of hydrogen-bond acceptors (Lipinski definition) is 4. The zero-order chi connectivity index (χ0) is 22.3. The van der Waals surface area contributed by atoms with Crippen LogP contribution < -0.4 is 0 Å². The van der Waals surface area contributed by atoms with Crippen molar-refractivity contribution >= 4 is 22.0 Å². The van der Waals surface area contributed by atoms with Crippen molar-refractivity contribution in [2.24, 2.45) is 0 Å². The summed E-state index contributed by atoms with van der Waals surface area (Å²) in [5.74, 6) is 0. The Morgan fingerprint density at radius 1 is 0.906 bits per heavy atom. The van der Waals surface area contributed by atoms with Crippen molar-refractivity contribution in [2.45, 2.75) is 31.8 Å². The number of ether oxygens (including phenoxy) is 1. The maximum atomic E-state index is 12.7. The van der Waals surface area contributed by atoms with Crippen molar-refractivity contribution in [2.75, 3.05) is 13.1 Å². The van der Waals surface area contributed by atoms with Crippen LogP contribution in [-0.4, -0.2) is 46.2 Å². The van der Waals surface area contributed by atoms with Gasteiger partial charge in [0.15, 0.2) is 0 Å². The van der Waals surface area contributed by atoms with Crippen molar-refractivity contribution < 1.29 is 14.6 Å². The highest BCUT2D eigenvalue weighted by molar-refractivity contribution is 9.10. The van der Waals surface area contributed by atoms with E-state index in [1.165, 1.54) is 5.56 Å². The van der Waals surface area contributed by atoms with Gasteiger partial charge in [0.2, 0.25) is 0 Å². The Hall–Kier alpha value is -2.67. The van der Waals surface area contributed by atoms with Crippen LogP contribution in [0.4, 0.5) is 4.79 Å². The minimum atomic E-state index is -0.643. The Morgan fingerprint density at radius 3 is 2.22 bits per heavy atom. The molecular weight excluding hydrogens is 468 g/mol. The van der Waals surface area contributed by atoms with Gasteiger partial charge in [-0.15, -0.1) is 0 Å². The van der Waals surface area contributed by atoms with Crippen molar-refractivity contribution in [3.05, 3.63) is 106 Å². The molecule has 32 heavy (non-hydrogen) atoms. The molecule has 1 aliphatic rings. The molecule has 1 aliphatic heterocycles. The number of likely N-dealkylation sites (tertiary alicyclic amines) is 1. The quantitative estimate of drug-likeness (QED) is 0.510. The van der Waals surface area contributed by atoms with Crippen molar-refractivity contribution in [3.8, 4) is 0 Å². The number of amides is 1. The van der Waals surface area contributed by atoms with Gasteiger partial charge in [-0.3, -0.25) is 4.90 Å². The Balaban J connectivity index is 1.45. The molecule has 1 N–H and O–H groups in total. The fourth-order valence-corrected chi connectivity index (χ4v) is 4.51. The SMILES string of the molecule is O=C(OCc1ccccc1)N1C[C@@H](O)[C@H](N(Cc2ccccc2)Cc2cccc(Br)c2)C1. The van der Waals surface area contributed by atoms with Crippen LogP contribution >= 0.6 is 15.9 Å². The molecule has 0 saturated carbocycles. The molecule has 0 aliphatic carbocycles. The molecule has 3 aromatic carbocycles. The fourth-order valence-electron chi connectivity index (χ4n) is 4.07. The monoisotopic (exact) mass is 494 g/mol. The number of benzene rings is 3. The first-order valence-corrected chi connectivity index (χ1v) is 11.5. The van der Waals surface area contributed by atoms with Crippen LogP contribution in [0.5, 0.6) is 0 Å². The molecule has 0 aromatic heterocycles. The fraction of sp³-hybridized carbons (Fsp3) is 0.269. The molecule has 1 heterocycles. The lowest BCUT2D eigenvalue weighted by atomic mass is 10.1. The van der Waals surface area contributed by atoms with E-state index in [1.54, 1.807) is 4.90 Å². The summed E-state index contributed by atoms with van der Waals surface area (Å²) in [7, 11) is 0. The van der Waals surface area contributed by atoms with E-state index in [0.29, 0.717) is 19.6 Å². The predicted molar refractivity (Wildman–Crippen MR) is 128 cm³/mol. The van der Waals surface area contributed by atoms with Gasteiger partial charge in [0.25, 0.3) is 0 Å². The Morgan fingerprint density at radius 2 is 1.53 bits per heavy atom. The van der Waals surface area contributed by atoms with Gasteiger partial charge in [0.1, 0.15) is 6.61 Å². The predicted octanol–water partition coefficient (Wildman–Crippen LogP) is 4.83. The summed E-state index contributed by atoms with van der Waals surface area (Å²) in [6.07, 6.45) is -1.03. The molecule has 0 bridgehead atoms. The van der Waals surface area contributed by atoms with Crippen molar-refractivity contribution in [1.82, 2.24) is 9.80 Å². The summed E-state index contributed by atoms with van der Waals surface area (Å²) >= 11 is 3.54. The van der Waals surface area contributed by atoms with E-state index in [1.807, 2.05) is 60.7 Å². The summed E-state index contributed by atoms with van der Waals surface area (Å²) in [5, 5.41) is 10.9. The van der Waals surface area contributed by atoms with E-state index in [2.05, 4.69) is 45.1 Å². The molecule has 0 unspecified atom stereocenters. The molecule has 4 rings (SSSR count). The second-order valence-corrected chi connectivity index (χ2v) is 9.02. The highest BCUT2D eigenvalue weighted by atomic mass is 79.9. The minimum absolute atomic E-state index is 0.182. The molecule has 0 spiro atoms. The van der Waals surface area contributed by atoms with Gasteiger partial charge in [-0.25, -0.2) is 4.79 Å². The van der Waals surface area contributed by atoms with Gasteiger partial charge in [-0.05, 0) is 28.8 Å². The molecule has 6 heteroatoms. The maximum Gasteiger partial charge on any atom is 0.410 e. The third-order valence-corrected chi connectivity index (χ3v) is 6.19. The van der Waals surface area contributed by atoms with Crippen molar-refractivity contribution in [1.29, 1.82) is 0 Å². The number of aliphatic hydroxyl groups is 1. The molecule has 3 aromatic rings. The third kappa shape index (κ3) is 5.97. The first-order valence-electron chi connectivity index (χ1n) is 10.7. The number of nitrogens with zero attached hydrogens (tertiary/aromatic N) is 2. The summed E-state index contributed by atoms with van der Waals surface area (Å²) in [4.78, 5) is 16.5. The largest absolute Gasteiger partial charge is 0.445 e. The van der Waals surface area contributed by atoms with E-state index in [9.17, 15) is 9.90 Å². The molecule has 166 valence electrons. The maximum absolute atomic E-state index is 12.7. The number of halogens is 1. The third-order valence-electron chi connectivity index (χ3n) is 5.69. The molecule has 1 saturated heterocycles. The highest BCUT2D eigenvalue weighted by Gasteiger charge is 2.38. The number of β-amino-alcohol motifs (C(OH)–C–C–N with tert-alkyl or cyclic N) is 1. The van der Waals surface area contributed by atoms with E-state index >= 15 is 0 Å². The number of aliphatic hydroxyl groups excluding tert-OH is 1. The number of carbonyl (C=O) groups excluding carboxylic acids is 1. The van der Waals surface area contributed by atoms with Gasteiger partial charge in [-0.1, -0.05) is 88.7 Å². The zero-order valence-corrected chi connectivity index (χ0v) is 19.4. The minimum Gasteiger partial charge on any atom is -0.445 e. The van der Waals surface area contributed by atoms with Gasteiger partial charge in [0, 0.05) is 24.1 Å². The van der Waals surface area contributed by atoms with Crippen LogP contribution in [0.1, 0.15) is 16.7 Å². The smallest absolute Gasteiger partial charge is 0.410 e. The van der Waals surface area contributed by atoms with E-state index < -0.39 is 12.2 Å². The van der Waals surface area contributed by atoms with Crippen LogP contribution in [0.3, 0.4) is 0 Å². The lowest BCUT2D eigenvalue weighted by Gasteiger charge is -2.30.